The maximum absolute atomic E-state index is 4.86. The Balaban J connectivity index is 1.68. The number of hydrogen-bond acceptors (Lipinski definition) is 2. The summed E-state index contributed by atoms with van der Waals surface area (Å²) in [6, 6.07) is 0.451. The molecule has 3 aliphatic rings. The Kier molecular flexibility index (Phi) is 8.42. The van der Waals surface area contributed by atoms with Gasteiger partial charge in [-0.25, -0.2) is 4.99 Å². The van der Waals surface area contributed by atoms with Crippen LogP contribution in [0.5, 0.6) is 0 Å². The van der Waals surface area contributed by atoms with Crippen LogP contribution < -0.4 is 0 Å². The second-order valence-corrected chi connectivity index (χ2v) is 11.8. The summed E-state index contributed by atoms with van der Waals surface area (Å²) in [6.45, 7) is 10.5. The number of nitrogens with zero attached hydrogens (tertiary/aromatic N) is 1. The van der Waals surface area contributed by atoms with Crippen LogP contribution in [0.4, 0.5) is 0 Å². The van der Waals surface area contributed by atoms with Crippen molar-refractivity contribution in [3.8, 4) is 0 Å². The minimum Gasteiger partial charge on any atom is -0.229 e. The summed E-state index contributed by atoms with van der Waals surface area (Å²) in [5.74, 6) is 3.77. The maximum atomic E-state index is 4.86. The lowest BCUT2D eigenvalue weighted by Gasteiger charge is -2.59. The van der Waals surface area contributed by atoms with Crippen molar-refractivity contribution in [1.29, 1.82) is 0 Å². The van der Waals surface area contributed by atoms with Gasteiger partial charge >= 0.3 is 0 Å². The molecule has 0 spiro atoms. The topological polar surface area (TPSA) is 12.4 Å². The highest BCUT2D eigenvalue weighted by Crippen LogP contribution is 2.61. The van der Waals surface area contributed by atoms with Gasteiger partial charge in [0.25, 0.3) is 0 Å². The molecule has 2 heteroatoms. The number of aliphatic imine (C=N–C) groups is 1. The Labute approximate surface area is 186 Å². The van der Waals surface area contributed by atoms with Crippen LogP contribution >= 0.6 is 12.2 Å². The van der Waals surface area contributed by atoms with Gasteiger partial charge in [-0.1, -0.05) is 72.6 Å². The van der Waals surface area contributed by atoms with E-state index < -0.39 is 0 Å². The molecule has 3 unspecified atom stereocenters. The molecular formula is C27H47NS. The van der Waals surface area contributed by atoms with Gasteiger partial charge in [-0.2, -0.15) is 0 Å². The van der Waals surface area contributed by atoms with E-state index in [1.165, 1.54) is 96.3 Å². The molecule has 3 rings (SSSR count). The summed E-state index contributed by atoms with van der Waals surface area (Å²) in [6.07, 6.45) is 21.2. The van der Waals surface area contributed by atoms with Crippen LogP contribution in [0, 0.1) is 34.5 Å². The lowest BCUT2D eigenvalue weighted by Crippen LogP contribution is -2.51. The first-order chi connectivity index (χ1) is 13.9. The molecule has 0 N–H and O–H groups in total. The summed E-state index contributed by atoms with van der Waals surface area (Å²) in [5.41, 5.74) is 1.07. The lowest BCUT2D eigenvalue weighted by molar-refractivity contribution is -0.0970. The smallest absolute Gasteiger partial charge is 0.0602 e. The third-order valence-electron chi connectivity index (χ3n) is 10.1. The summed E-state index contributed by atoms with van der Waals surface area (Å²) >= 11 is 4.86. The van der Waals surface area contributed by atoms with E-state index in [1.54, 1.807) is 0 Å². The van der Waals surface area contributed by atoms with Crippen LogP contribution in [-0.4, -0.2) is 11.2 Å². The summed E-state index contributed by atoms with van der Waals surface area (Å²) in [5, 5.41) is 2.64. The van der Waals surface area contributed by atoms with Crippen molar-refractivity contribution in [3.05, 3.63) is 0 Å². The SMILES string of the molecule is CCC(C)(C1CCCCCC1)C1CCC1C(C)(C)C1CCCC(N=C=S)CCC1. The fourth-order valence-electron chi connectivity index (χ4n) is 7.71. The van der Waals surface area contributed by atoms with E-state index >= 15 is 0 Å². The first kappa shape index (κ1) is 23.5. The molecule has 29 heavy (non-hydrogen) atoms. The molecule has 0 amide bonds. The Bertz CT molecular complexity index is 545. The molecule has 0 aliphatic heterocycles. The van der Waals surface area contributed by atoms with Crippen molar-refractivity contribution in [2.45, 2.75) is 130 Å². The zero-order chi connectivity index (χ0) is 20.9. The van der Waals surface area contributed by atoms with E-state index in [4.69, 9.17) is 12.2 Å². The minimum atomic E-state index is 0.451. The van der Waals surface area contributed by atoms with E-state index in [2.05, 4.69) is 37.8 Å². The Morgan fingerprint density at radius 1 is 0.724 bits per heavy atom. The average molecular weight is 418 g/mol. The van der Waals surface area contributed by atoms with Crippen molar-refractivity contribution in [1.82, 2.24) is 0 Å². The second kappa shape index (κ2) is 10.4. The Morgan fingerprint density at radius 3 is 1.76 bits per heavy atom. The van der Waals surface area contributed by atoms with Crippen molar-refractivity contribution in [2.24, 2.45) is 39.5 Å². The molecular weight excluding hydrogens is 370 g/mol. The van der Waals surface area contributed by atoms with Gasteiger partial charge in [0.05, 0.1) is 11.2 Å². The molecule has 0 aromatic carbocycles. The molecule has 0 aromatic heterocycles. The molecule has 3 atom stereocenters. The van der Waals surface area contributed by atoms with Gasteiger partial charge in [0.2, 0.25) is 0 Å². The van der Waals surface area contributed by atoms with Crippen LogP contribution in [0.3, 0.4) is 0 Å². The van der Waals surface area contributed by atoms with Crippen molar-refractivity contribution in [3.63, 3.8) is 0 Å². The van der Waals surface area contributed by atoms with E-state index in [0.717, 1.165) is 23.7 Å². The van der Waals surface area contributed by atoms with Crippen LogP contribution in [0.1, 0.15) is 124 Å². The third-order valence-corrected chi connectivity index (χ3v) is 10.2. The second-order valence-electron chi connectivity index (χ2n) is 11.6. The molecule has 0 heterocycles. The molecule has 0 aromatic rings. The van der Waals surface area contributed by atoms with Crippen LogP contribution in [0.15, 0.2) is 4.99 Å². The van der Waals surface area contributed by atoms with Crippen molar-refractivity contribution >= 4 is 17.4 Å². The molecule has 166 valence electrons. The van der Waals surface area contributed by atoms with Crippen LogP contribution in [0.2, 0.25) is 0 Å². The molecule has 0 radical (unpaired) electrons. The molecule has 0 saturated heterocycles. The quantitative estimate of drug-likeness (QED) is 0.239. The maximum Gasteiger partial charge on any atom is 0.0602 e. The molecule has 0 bridgehead atoms. The number of rotatable bonds is 6. The predicted molar refractivity (Wildman–Crippen MR) is 130 cm³/mol. The van der Waals surface area contributed by atoms with E-state index in [9.17, 15) is 0 Å². The van der Waals surface area contributed by atoms with Gasteiger partial charge in [-0.05, 0) is 98.1 Å². The van der Waals surface area contributed by atoms with Gasteiger partial charge in [-0.3, -0.25) is 0 Å². The first-order valence-corrected chi connectivity index (χ1v) is 13.4. The van der Waals surface area contributed by atoms with Gasteiger partial charge in [0, 0.05) is 0 Å². The third kappa shape index (κ3) is 5.17. The zero-order valence-corrected chi connectivity index (χ0v) is 20.7. The van der Waals surface area contributed by atoms with E-state index in [1.807, 2.05) is 0 Å². The summed E-state index contributed by atoms with van der Waals surface area (Å²) < 4.78 is 0. The minimum absolute atomic E-state index is 0.451. The average Bonchev–Trinajstić information content (AvgIpc) is 2.92. The Morgan fingerprint density at radius 2 is 1.28 bits per heavy atom. The van der Waals surface area contributed by atoms with Gasteiger partial charge in [0.15, 0.2) is 0 Å². The first-order valence-electron chi connectivity index (χ1n) is 13.0. The molecule has 1 nitrogen and oxygen atoms in total. The summed E-state index contributed by atoms with van der Waals surface area (Å²) in [7, 11) is 0. The van der Waals surface area contributed by atoms with Crippen LogP contribution in [0.25, 0.3) is 0 Å². The largest absolute Gasteiger partial charge is 0.229 e. The summed E-state index contributed by atoms with van der Waals surface area (Å²) in [4.78, 5) is 4.41. The highest BCUT2D eigenvalue weighted by molar-refractivity contribution is 7.78. The van der Waals surface area contributed by atoms with Crippen LogP contribution in [-0.2, 0) is 0 Å². The standard InChI is InChI=1S/C27H47NS/c1-5-27(4,22-12-8-6-7-9-13-22)25-19-18-24(25)26(2,3)21-14-10-16-23(28-20-29)17-11-15-21/h21-25H,5-19H2,1-4H3. The normalized spacial score (nSPS) is 34.6. The monoisotopic (exact) mass is 417 g/mol. The fraction of sp³-hybridized carbons (Fsp3) is 0.963. The number of thiocarbonyl (C=S) groups is 1. The zero-order valence-electron chi connectivity index (χ0n) is 19.8. The molecule has 3 aliphatic carbocycles. The number of isothiocyanates is 1. The highest BCUT2D eigenvalue weighted by atomic mass is 32.1. The molecule has 3 saturated carbocycles. The predicted octanol–water partition coefficient (Wildman–Crippen LogP) is 8.87. The highest BCUT2D eigenvalue weighted by Gasteiger charge is 2.53. The lowest BCUT2D eigenvalue weighted by atomic mass is 9.46. The van der Waals surface area contributed by atoms with Gasteiger partial charge in [-0.15, -0.1) is 0 Å². The van der Waals surface area contributed by atoms with Crippen molar-refractivity contribution < 1.29 is 0 Å². The van der Waals surface area contributed by atoms with Gasteiger partial charge in [0.1, 0.15) is 0 Å². The van der Waals surface area contributed by atoms with Gasteiger partial charge < -0.3 is 0 Å². The number of hydrogen-bond donors (Lipinski definition) is 0. The Hall–Kier alpha value is -0.200. The van der Waals surface area contributed by atoms with E-state index in [0.29, 0.717) is 16.9 Å². The van der Waals surface area contributed by atoms with E-state index in [-0.39, 0.29) is 0 Å². The fourth-order valence-corrected chi connectivity index (χ4v) is 7.86. The van der Waals surface area contributed by atoms with Crippen molar-refractivity contribution in [2.75, 3.05) is 0 Å². The molecule has 3 fully saturated rings.